The molecule has 0 saturated heterocycles. The Labute approximate surface area is 129 Å². The lowest BCUT2D eigenvalue weighted by Gasteiger charge is -2.06. The Bertz CT molecular complexity index is 789. The van der Waals surface area contributed by atoms with Crippen LogP contribution in [0.2, 0.25) is 0 Å². The molecular formula is C18H17N3O. The summed E-state index contributed by atoms with van der Waals surface area (Å²) in [5.41, 5.74) is 4.52. The van der Waals surface area contributed by atoms with Gasteiger partial charge in [0.05, 0.1) is 17.6 Å². The summed E-state index contributed by atoms with van der Waals surface area (Å²) < 4.78 is 1.73. The lowest BCUT2D eigenvalue weighted by atomic mass is 10.0. The van der Waals surface area contributed by atoms with E-state index in [1.165, 1.54) is 0 Å². The molecule has 0 aliphatic heterocycles. The van der Waals surface area contributed by atoms with Gasteiger partial charge < -0.3 is 5.32 Å². The minimum Gasteiger partial charge on any atom is -0.319 e. The van der Waals surface area contributed by atoms with Crippen LogP contribution in [0.5, 0.6) is 0 Å². The molecule has 2 aromatic carbocycles. The molecule has 110 valence electrons. The van der Waals surface area contributed by atoms with E-state index in [1.807, 2.05) is 68.6 Å². The van der Waals surface area contributed by atoms with Crippen molar-refractivity contribution < 1.29 is 4.79 Å². The number of hydrogen-bond donors (Lipinski definition) is 1. The van der Waals surface area contributed by atoms with Crippen LogP contribution < -0.4 is 5.32 Å². The fraction of sp³-hybridized carbons (Fsp3) is 0.111. The van der Waals surface area contributed by atoms with E-state index in [0.717, 1.165) is 22.5 Å². The van der Waals surface area contributed by atoms with Gasteiger partial charge in [0.25, 0.3) is 5.91 Å². The molecule has 3 rings (SSSR count). The number of amides is 1. The molecule has 0 atom stereocenters. The van der Waals surface area contributed by atoms with E-state index >= 15 is 0 Å². The molecular weight excluding hydrogens is 274 g/mol. The molecule has 1 aromatic heterocycles. The second kappa shape index (κ2) is 5.85. The summed E-state index contributed by atoms with van der Waals surface area (Å²) in [6.45, 7) is 1.92. The summed E-state index contributed by atoms with van der Waals surface area (Å²) in [5, 5.41) is 7.00. The van der Waals surface area contributed by atoms with Crippen LogP contribution in [0.25, 0.3) is 11.1 Å². The van der Waals surface area contributed by atoms with Crippen molar-refractivity contribution in [3.05, 3.63) is 72.1 Å². The topological polar surface area (TPSA) is 46.9 Å². The van der Waals surface area contributed by atoms with Crippen LogP contribution >= 0.6 is 0 Å². The molecule has 0 radical (unpaired) electrons. The van der Waals surface area contributed by atoms with Gasteiger partial charge in [0.15, 0.2) is 0 Å². The highest BCUT2D eigenvalue weighted by Crippen LogP contribution is 2.20. The molecule has 0 aliphatic carbocycles. The second-order valence-corrected chi connectivity index (χ2v) is 5.16. The Morgan fingerprint density at radius 2 is 1.64 bits per heavy atom. The van der Waals surface area contributed by atoms with Gasteiger partial charge >= 0.3 is 0 Å². The number of benzene rings is 2. The van der Waals surface area contributed by atoms with Gasteiger partial charge in [-0.25, -0.2) is 0 Å². The SMILES string of the molecule is Cc1c(NC(=O)c2ccc(-c3ccccc3)cc2)cnn1C. The second-order valence-electron chi connectivity index (χ2n) is 5.16. The van der Waals surface area contributed by atoms with Crippen molar-refractivity contribution in [1.29, 1.82) is 0 Å². The highest BCUT2D eigenvalue weighted by atomic mass is 16.1. The molecule has 0 spiro atoms. The van der Waals surface area contributed by atoms with Crippen LogP contribution in [0.3, 0.4) is 0 Å². The van der Waals surface area contributed by atoms with E-state index in [-0.39, 0.29) is 5.91 Å². The van der Waals surface area contributed by atoms with Gasteiger partial charge in [-0.3, -0.25) is 9.48 Å². The number of aromatic nitrogens is 2. The average molecular weight is 291 g/mol. The molecule has 4 heteroatoms. The smallest absolute Gasteiger partial charge is 0.255 e. The van der Waals surface area contributed by atoms with Gasteiger partial charge in [0, 0.05) is 12.6 Å². The zero-order valence-corrected chi connectivity index (χ0v) is 12.6. The number of hydrogen-bond acceptors (Lipinski definition) is 2. The third-order valence-corrected chi connectivity index (χ3v) is 3.74. The number of rotatable bonds is 3. The molecule has 1 amide bonds. The largest absolute Gasteiger partial charge is 0.319 e. The van der Waals surface area contributed by atoms with E-state index < -0.39 is 0 Å². The van der Waals surface area contributed by atoms with Crippen molar-refractivity contribution in [3.8, 4) is 11.1 Å². The number of carbonyl (C=O) groups excluding carboxylic acids is 1. The molecule has 0 unspecified atom stereocenters. The minimum atomic E-state index is -0.129. The highest BCUT2D eigenvalue weighted by Gasteiger charge is 2.10. The summed E-state index contributed by atoms with van der Waals surface area (Å²) >= 11 is 0. The van der Waals surface area contributed by atoms with Crippen LogP contribution in [-0.2, 0) is 7.05 Å². The first-order valence-electron chi connectivity index (χ1n) is 7.10. The van der Waals surface area contributed by atoms with Crippen molar-refractivity contribution in [2.75, 3.05) is 5.32 Å². The standard InChI is InChI=1S/C18H17N3O/c1-13-17(12-19-21(13)2)20-18(22)16-10-8-15(9-11-16)14-6-4-3-5-7-14/h3-12H,1-2H3,(H,20,22). The van der Waals surface area contributed by atoms with E-state index in [0.29, 0.717) is 5.56 Å². The molecule has 1 heterocycles. The summed E-state index contributed by atoms with van der Waals surface area (Å²) in [7, 11) is 1.85. The summed E-state index contributed by atoms with van der Waals surface area (Å²) in [6, 6.07) is 17.7. The summed E-state index contributed by atoms with van der Waals surface area (Å²) in [4.78, 5) is 12.3. The maximum absolute atomic E-state index is 12.3. The molecule has 0 aliphatic rings. The van der Waals surface area contributed by atoms with Crippen LogP contribution in [0.1, 0.15) is 16.1 Å². The first-order valence-corrected chi connectivity index (χ1v) is 7.10. The zero-order valence-electron chi connectivity index (χ0n) is 12.6. The van der Waals surface area contributed by atoms with Crippen LogP contribution in [0.15, 0.2) is 60.8 Å². The highest BCUT2D eigenvalue weighted by molar-refractivity contribution is 6.04. The minimum absolute atomic E-state index is 0.129. The fourth-order valence-electron chi connectivity index (χ4n) is 2.26. The number of nitrogens with one attached hydrogen (secondary N) is 1. The summed E-state index contributed by atoms with van der Waals surface area (Å²) in [5.74, 6) is -0.129. The van der Waals surface area contributed by atoms with Gasteiger partial charge in [-0.15, -0.1) is 0 Å². The Kier molecular flexibility index (Phi) is 3.74. The van der Waals surface area contributed by atoms with Crippen LogP contribution in [0, 0.1) is 6.92 Å². The van der Waals surface area contributed by atoms with Crippen molar-refractivity contribution in [3.63, 3.8) is 0 Å². The van der Waals surface area contributed by atoms with E-state index in [1.54, 1.807) is 10.9 Å². The first-order chi connectivity index (χ1) is 10.6. The third-order valence-electron chi connectivity index (χ3n) is 3.74. The van der Waals surface area contributed by atoms with E-state index in [2.05, 4.69) is 10.4 Å². The zero-order chi connectivity index (χ0) is 15.5. The van der Waals surface area contributed by atoms with Crippen molar-refractivity contribution in [2.24, 2.45) is 7.05 Å². The average Bonchev–Trinajstić information content (AvgIpc) is 2.88. The Hall–Kier alpha value is -2.88. The molecule has 3 aromatic rings. The van der Waals surface area contributed by atoms with Gasteiger partial charge in [-0.05, 0) is 30.2 Å². The molecule has 0 fully saturated rings. The van der Waals surface area contributed by atoms with Crippen LogP contribution in [-0.4, -0.2) is 15.7 Å². The van der Waals surface area contributed by atoms with Gasteiger partial charge in [0.1, 0.15) is 0 Å². The predicted octanol–water partition coefficient (Wildman–Crippen LogP) is 3.65. The van der Waals surface area contributed by atoms with E-state index in [9.17, 15) is 4.79 Å². The first kappa shape index (κ1) is 14.1. The van der Waals surface area contributed by atoms with Crippen molar-refractivity contribution in [1.82, 2.24) is 9.78 Å². The number of carbonyl (C=O) groups is 1. The lowest BCUT2D eigenvalue weighted by molar-refractivity contribution is 0.102. The quantitative estimate of drug-likeness (QED) is 0.800. The monoisotopic (exact) mass is 291 g/mol. The predicted molar refractivity (Wildman–Crippen MR) is 87.8 cm³/mol. The van der Waals surface area contributed by atoms with Crippen LogP contribution in [0.4, 0.5) is 5.69 Å². The number of anilines is 1. The van der Waals surface area contributed by atoms with Crippen molar-refractivity contribution >= 4 is 11.6 Å². The fourth-order valence-corrected chi connectivity index (χ4v) is 2.26. The Morgan fingerprint density at radius 3 is 2.23 bits per heavy atom. The molecule has 4 nitrogen and oxygen atoms in total. The molecule has 1 N–H and O–H groups in total. The summed E-state index contributed by atoms with van der Waals surface area (Å²) in [6.07, 6.45) is 1.66. The maximum atomic E-state index is 12.3. The third kappa shape index (κ3) is 2.76. The maximum Gasteiger partial charge on any atom is 0.255 e. The normalized spacial score (nSPS) is 10.5. The lowest BCUT2D eigenvalue weighted by Crippen LogP contribution is -2.12. The van der Waals surface area contributed by atoms with Gasteiger partial charge in [-0.1, -0.05) is 42.5 Å². The Morgan fingerprint density at radius 1 is 1.00 bits per heavy atom. The molecule has 22 heavy (non-hydrogen) atoms. The van der Waals surface area contributed by atoms with E-state index in [4.69, 9.17) is 0 Å². The molecule has 0 bridgehead atoms. The number of nitrogens with zero attached hydrogens (tertiary/aromatic N) is 2. The van der Waals surface area contributed by atoms with Gasteiger partial charge in [-0.2, -0.15) is 5.10 Å². The molecule has 0 saturated carbocycles. The van der Waals surface area contributed by atoms with Crippen molar-refractivity contribution in [2.45, 2.75) is 6.92 Å². The number of aryl methyl sites for hydroxylation is 1. The Balaban J connectivity index is 1.78. The van der Waals surface area contributed by atoms with Gasteiger partial charge in [0.2, 0.25) is 0 Å².